The fourth-order valence-electron chi connectivity index (χ4n) is 6.37. The SMILES string of the molecule is CC(C)c1cc(C(=O)N2CCC(CCN([C@@H](CO)C(=O)O)C(C)(C)CC3CCCC3)CC2)c(O)cc1O. The summed E-state index contributed by atoms with van der Waals surface area (Å²) in [5, 5.41) is 40.2. The van der Waals surface area contributed by atoms with Crippen molar-refractivity contribution in [3.63, 3.8) is 0 Å². The first-order valence-corrected chi connectivity index (χ1v) is 13.9. The van der Waals surface area contributed by atoms with Crippen molar-refractivity contribution in [1.82, 2.24) is 9.80 Å². The molecule has 0 aromatic heterocycles. The van der Waals surface area contributed by atoms with E-state index < -0.39 is 18.6 Å². The van der Waals surface area contributed by atoms with E-state index in [9.17, 15) is 30.0 Å². The maximum absolute atomic E-state index is 13.2. The zero-order chi connectivity index (χ0) is 27.3. The van der Waals surface area contributed by atoms with Crippen LogP contribution in [0, 0.1) is 11.8 Å². The number of carboxylic acids is 1. The predicted octanol–water partition coefficient (Wildman–Crippen LogP) is 4.57. The molecule has 1 amide bonds. The highest BCUT2D eigenvalue weighted by Crippen LogP contribution is 2.36. The molecule has 37 heavy (non-hydrogen) atoms. The average Bonchev–Trinajstić information content (AvgIpc) is 3.33. The van der Waals surface area contributed by atoms with E-state index in [1.54, 1.807) is 11.0 Å². The van der Waals surface area contributed by atoms with E-state index in [0.717, 1.165) is 25.7 Å². The Morgan fingerprint density at radius 2 is 1.65 bits per heavy atom. The van der Waals surface area contributed by atoms with Crippen molar-refractivity contribution in [1.29, 1.82) is 0 Å². The highest BCUT2D eigenvalue weighted by Gasteiger charge is 2.38. The molecule has 8 nitrogen and oxygen atoms in total. The molecular formula is C29H46N2O6. The molecule has 1 aromatic rings. The summed E-state index contributed by atoms with van der Waals surface area (Å²) < 4.78 is 0. The lowest BCUT2D eigenvalue weighted by Crippen LogP contribution is -2.56. The number of amides is 1. The molecule has 1 aromatic carbocycles. The second kappa shape index (κ2) is 12.5. The molecule has 1 saturated carbocycles. The minimum Gasteiger partial charge on any atom is -0.508 e. The van der Waals surface area contributed by atoms with Gasteiger partial charge in [-0.25, -0.2) is 0 Å². The maximum Gasteiger partial charge on any atom is 0.323 e. The van der Waals surface area contributed by atoms with Gasteiger partial charge in [0.25, 0.3) is 5.91 Å². The molecular weight excluding hydrogens is 472 g/mol. The molecule has 4 N–H and O–H groups in total. The van der Waals surface area contributed by atoms with E-state index in [0.29, 0.717) is 37.0 Å². The van der Waals surface area contributed by atoms with Gasteiger partial charge in [0.15, 0.2) is 0 Å². The van der Waals surface area contributed by atoms with Crippen molar-refractivity contribution >= 4 is 11.9 Å². The van der Waals surface area contributed by atoms with Gasteiger partial charge in [0.2, 0.25) is 0 Å². The van der Waals surface area contributed by atoms with Gasteiger partial charge in [0.05, 0.1) is 12.2 Å². The number of hydrogen-bond acceptors (Lipinski definition) is 6. The van der Waals surface area contributed by atoms with Gasteiger partial charge in [-0.05, 0) is 75.5 Å². The van der Waals surface area contributed by atoms with Crippen LogP contribution >= 0.6 is 0 Å². The summed E-state index contributed by atoms with van der Waals surface area (Å²) in [5.41, 5.74) is 0.516. The number of aliphatic carboxylic acids is 1. The van der Waals surface area contributed by atoms with Gasteiger partial charge in [-0.1, -0.05) is 39.5 Å². The molecule has 0 bridgehead atoms. The first-order valence-electron chi connectivity index (χ1n) is 13.9. The van der Waals surface area contributed by atoms with Gasteiger partial charge in [0, 0.05) is 24.7 Å². The molecule has 1 aliphatic heterocycles. The number of phenolic OH excluding ortho intramolecular Hbond substituents is 2. The van der Waals surface area contributed by atoms with Crippen LogP contribution in [0.1, 0.15) is 101 Å². The lowest BCUT2D eigenvalue weighted by Gasteiger charge is -2.44. The van der Waals surface area contributed by atoms with Crippen LogP contribution in [-0.4, -0.2) is 79.9 Å². The smallest absolute Gasteiger partial charge is 0.323 e. The molecule has 2 fully saturated rings. The summed E-state index contributed by atoms with van der Waals surface area (Å²) in [6.07, 6.45) is 8.19. The molecule has 8 heteroatoms. The molecule has 0 radical (unpaired) electrons. The lowest BCUT2D eigenvalue weighted by atomic mass is 9.85. The second-order valence-corrected chi connectivity index (χ2v) is 12.0. The van der Waals surface area contributed by atoms with Crippen molar-refractivity contribution in [2.45, 2.75) is 96.6 Å². The predicted molar refractivity (Wildman–Crippen MR) is 143 cm³/mol. The van der Waals surface area contributed by atoms with E-state index in [2.05, 4.69) is 13.8 Å². The number of aliphatic hydroxyl groups is 1. The van der Waals surface area contributed by atoms with Crippen LogP contribution in [-0.2, 0) is 4.79 Å². The normalized spacial score (nSPS) is 18.6. The number of carbonyl (C=O) groups is 2. The largest absolute Gasteiger partial charge is 0.508 e. The number of phenols is 2. The molecule has 208 valence electrons. The van der Waals surface area contributed by atoms with E-state index in [-0.39, 0.29) is 34.4 Å². The minimum atomic E-state index is -0.989. The van der Waals surface area contributed by atoms with Crippen LogP contribution in [0.3, 0.4) is 0 Å². The highest BCUT2D eigenvalue weighted by molar-refractivity contribution is 5.97. The number of benzene rings is 1. The van der Waals surface area contributed by atoms with E-state index in [4.69, 9.17) is 0 Å². The zero-order valence-corrected chi connectivity index (χ0v) is 22.9. The number of aliphatic hydroxyl groups excluding tert-OH is 1. The average molecular weight is 519 g/mol. The number of carboxylic acid groups (broad SMARTS) is 1. The van der Waals surface area contributed by atoms with Crippen molar-refractivity contribution in [2.75, 3.05) is 26.2 Å². The van der Waals surface area contributed by atoms with Crippen LogP contribution in [0.5, 0.6) is 11.5 Å². The lowest BCUT2D eigenvalue weighted by molar-refractivity contribution is -0.148. The van der Waals surface area contributed by atoms with E-state index >= 15 is 0 Å². The van der Waals surface area contributed by atoms with Crippen LogP contribution < -0.4 is 0 Å². The molecule has 1 saturated heterocycles. The van der Waals surface area contributed by atoms with Gasteiger partial charge < -0.3 is 25.3 Å². The number of piperidine rings is 1. The Kier molecular flexibility index (Phi) is 9.86. The second-order valence-electron chi connectivity index (χ2n) is 12.0. The Morgan fingerprint density at radius 1 is 1.03 bits per heavy atom. The third-order valence-corrected chi connectivity index (χ3v) is 8.55. The van der Waals surface area contributed by atoms with E-state index in [1.807, 2.05) is 18.7 Å². The van der Waals surface area contributed by atoms with Gasteiger partial charge >= 0.3 is 5.97 Å². The molecule has 2 aliphatic rings. The molecule has 1 heterocycles. The van der Waals surface area contributed by atoms with E-state index in [1.165, 1.54) is 31.7 Å². The van der Waals surface area contributed by atoms with Gasteiger partial charge in [0.1, 0.15) is 17.5 Å². The van der Waals surface area contributed by atoms with Crippen molar-refractivity contribution in [3.05, 3.63) is 23.3 Å². The quantitative estimate of drug-likeness (QED) is 0.339. The summed E-state index contributed by atoms with van der Waals surface area (Å²) in [6.45, 7) is 9.37. The Morgan fingerprint density at radius 3 is 2.19 bits per heavy atom. The standard InChI is InChI=1S/C29H46N2O6/c1-19(2)22-15-23(26(34)16-25(22)33)27(35)30-12-9-20(10-13-30)11-14-31(24(18-32)28(36)37)29(3,4)17-21-7-5-6-8-21/h15-16,19-21,24,32-34H,5-14,17-18H2,1-4H3,(H,36,37)/t24-/m0/s1. The van der Waals surface area contributed by atoms with Crippen LogP contribution in [0.15, 0.2) is 12.1 Å². The Hall–Kier alpha value is -2.32. The topological polar surface area (TPSA) is 122 Å². The van der Waals surface area contributed by atoms with Gasteiger partial charge in [-0.2, -0.15) is 0 Å². The van der Waals surface area contributed by atoms with Crippen molar-refractivity contribution in [2.24, 2.45) is 11.8 Å². The number of carbonyl (C=O) groups excluding carboxylic acids is 1. The fraction of sp³-hybridized carbons (Fsp3) is 0.724. The molecule has 0 spiro atoms. The molecule has 3 rings (SSSR count). The minimum absolute atomic E-state index is 0.00860. The summed E-state index contributed by atoms with van der Waals surface area (Å²) in [6, 6.07) is 1.91. The summed E-state index contributed by atoms with van der Waals surface area (Å²) in [4.78, 5) is 28.9. The maximum atomic E-state index is 13.2. The van der Waals surface area contributed by atoms with Crippen LogP contribution in [0.25, 0.3) is 0 Å². The summed E-state index contributed by atoms with van der Waals surface area (Å²) in [5.74, 6) is -0.467. The number of nitrogens with zero attached hydrogens (tertiary/aromatic N) is 2. The van der Waals surface area contributed by atoms with Gasteiger partial charge in [-0.15, -0.1) is 0 Å². The first-order chi connectivity index (χ1) is 17.4. The monoisotopic (exact) mass is 518 g/mol. The Balaban J connectivity index is 1.62. The number of likely N-dealkylation sites (tertiary alicyclic amines) is 1. The van der Waals surface area contributed by atoms with Crippen molar-refractivity contribution in [3.8, 4) is 11.5 Å². The number of aromatic hydroxyl groups is 2. The molecule has 0 unspecified atom stereocenters. The first kappa shape index (κ1) is 29.2. The third kappa shape index (κ3) is 7.17. The Bertz CT molecular complexity index is 933. The van der Waals surface area contributed by atoms with Gasteiger partial charge in [-0.3, -0.25) is 14.5 Å². The van der Waals surface area contributed by atoms with Crippen LogP contribution in [0.4, 0.5) is 0 Å². The summed E-state index contributed by atoms with van der Waals surface area (Å²) in [7, 11) is 0. The third-order valence-electron chi connectivity index (χ3n) is 8.55. The van der Waals surface area contributed by atoms with Crippen molar-refractivity contribution < 1.29 is 30.0 Å². The fourth-order valence-corrected chi connectivity index (χ4v) is 6.37. The van der Waals surface area contributed by atoms with Crippen LogP contribution in [0.2, 0.25) is 0 Å². The highest BCUT2D eigenvalue weighted by atomic mass is 16.4. The number of hydrogen-bond donors (Lipinski definition) is 4. The number of rotatable bonds is 11. The molecule has 1 atom stereocenters. The summed E-state index contributed by atoms with van der Waals surface area (Å²) >= 11 is 0. The Labute approximate surface area is 221 Å². The molecule has 1 aliphatic carbocycles. The zero-order valence-electron chi connectivity index (χ0n) is 22.9.